The van der Waals surface area contributed by atoms with E-state index in [0.29, 0.717) is 5.92 Å². The lowest BCUT2D eigenvalue weighted by Crippen LogP contribution is -2.15. The molecule has 2 aromatic carbocycles. The molecule has 0 spiro atoms. The smallest absolute Gasteiger partial charge is 0.141 e. The molecular weight excluding hydrogens is 369 g/mol. The average molecular weight is 404 g/mol. The number of aryl methyl sites for hydroxylation is 1. The Labute approximate surface area is 181 Å². The zero-order valence-electron chi connectivity index (χ0n) is 18.3. The minimum Gasteiger partial charge on any atom is -0.206 e. The van der Waals surface area contributed by atoms with E-state index in [-0.39, 0.29) is 11.4 Å². The maximum Gasteiger partial charge on any atom is 0.141 e. The summed E-state index contributed by atoms with van der Waals surface area (Å²) in [6.45, 7) is 2.29. The summed E-state index contributed by atoms with van der Waals surface area (Å²) in [7, 11) is 0. The molecule has 4 rings (SSSR count). The van der Waals surface area contributed by atoms with Gasteiger partial charge in [0.1, 0.15) is 11.9 Å². The summed E-state index contributed by atoms with van der Waals surface area (Å²) in [5.74, 6) is 1.76. The van der Waals surface area contributed by atoms with E-state index in [1.54, 1.807) is 12.1 Å². The molecule has 0 saturated heterocycles. The Kier molecular flexibility index (Phi) is 6.88. The summed E-state index contributed by atoms with van der Waals surface area (Å²) < 4.78 is 14.1. The van der Waals surface area contributed by atoms with Crippen molar-refractivity contribution in [3.8, 4) is 6.07 Å². The molecular formula is C28H34FN. The summed E-state index contributed by atoms with van der Waals surface area (Å²) in [5, 5.41) is 9.06. The van der Waals surface area contributed by atoms with Gasteiger partial charge < -0.3 is 0 Å². The largest absolute Gasteiger partial charge is 0.206 e. The highest BCUT2D eigenvalue weighted by atomic mass is 19.1. The molecule has 0 heterocycles. The standard InChI is InChI=1S/C28H34FN/c1-2-3-4-5-20-6-8-21(9-7-20)22-10-12-23(13-11-22)24-14-15-25-17-27(19-30)28(29)18-26(25)16-24/h10-13,17-18,20-21,24H,2-9,14-16H2,1H3. The summed E-state index contributed by atoms with van der Waals surface area (Å²) >= 11 is 0. The van der Waals surface area contributed by atoms with Crippen molar-refractivity contribution in [1.82, 2.24) is 0 Å². The third-order valence-corrected chi connectivity index (χ3v) is 7.58. The van der Waals surface area contributed by atoms with E-state index < -0.39 is 0 Å². The van der Waals surface area contributed by atoms with Gasteiger partial charge in [-0.3, -0.25) is 0 Å². The van der Waals surface area contributed by atoms with Crippen LogP contribution >= 0.6 is 0 Å². The second kappa shape index (κ2) is 9.78. The van der Waals surface area contributed by atoms with Crippen molar-refractivity contribution >= 4 is 0 Å². The fourth-order valence-electron chi connectivity index (χ4n) is 5.66. The van der Waals surface area contributed by atoms with E-state index >= 15 is 0 Å². The highest BCUT2D eigenvalue weighted by Gasteiger charge is 2.24. The molecule has 0 aromatic heterocycles. The Morgan fingerprint density at radius 3 is 2.27 bits per heavy atom. The van der Waals surface area contributed by atoms with Crippen LogP contribution in [0.4, 0.5) is 4.39 Å². The van der Waals surface area contributed by atoms with E-state index in [2.05, 4.69) is 31.2 Å². The fraction of sp³-hybridized carbons (Fsp3) is 0.536. The summed E-state index contributed by atoms with van der Waals surface area (Å²) in [6.07, 6.45) is 13.9. The van der Waals surface area contributed by atoms with Crippen LogP contribution < -0.4 is 0 Å². The third kappa shape index (κ3) is 4.77. The highest BCUT2D eigenvalue weighted by molar-refractivity contribution is 5.42. The predicted molar refractivity (Wildman–Crippen MR) is 121 cm³/mol. The third-order valence-electron chi connectivity index (χ3n) is 7.58. The molecule has 0 amide bonds. The first-order chi connectivity index (χ1) is 14.7. The number of unbranched alkanes of at least 4 members (excludes halogenated alkanes) is 2. The lowest BCUT2D eigenvalue weighted by Gasteiger charge is -2.29. The SMILES string of the molecule is CCCCCC1CCC(c2ccc(C3CCc4cc(C#N)c(F)cc4C3)cc2)CC1. The first-order valence-electron chi connectivity index (χ1n) is 12.0. The van der Waals surface area contributed by atoms with Crippen LogP contribution in [0.2, 0.25) is 0 Å². The van der Waals surface area contributed by atoms with Crippen LogP contribution in [0.25, 0.3) is 0 Å². The van der Waals surface area contributed by atoms with Crippen molar-refractivity contribution in [2.45, 2.75) is 89.4 Å². The monoisotopic (exact) mass is 403 g/mol. The van der Waals surface area contributed by atoms with Gasteiger partial charge in [0.2, 0.25) is 0 Å². The van der Waals surface area contributed by atoms with Crippen LogP contribution in [0.1, 0.15) is 104 Å². The maximum absolute atomic E-state index is 14.1. The molecule has 2 aliphatic rings. The molecule has 1 atom stereocenters. The second-order valence-electron chi connectivity index (χ2n) is 9.53. The van der Waals surface area contributed by atoms with Crippen molar-refractivity contribution in [3.63, 3.8) is 0 Å². The fourth-order valence-corrected chi connectivity index (χ4v) is 5.66. The van der Waals surface area contributed by atoms with Gasteiger partial charge in [0.05, 0.1) is 5.56 Å². The quantitative estimate of drug-likeness (QED) is 0.451. The number of rotatable bonds is 6. The van der Waals surface area contributed by atoms with Gasteiger partial charge in [-0.15, -0.1) is 0 Å². The Morgan fingerprint density at radius 2 is 1.60 bits per heavy atom. The van der Waals surface area contributed by atoms with Gasteiger partial charge in [0.15, 0.2) is 0 Å². The molecule has 0 N–H and O–H groups in total. The van der Waals surface area contributed by atoms with Crippen LogP contribution in [0, 0.1) is 23.1 Å². The molecule has 2 aromatic rings. The predicted octanol–water partition coefficient (Wildman–Crippen LogP) is 7.82. The van der Waals surface area contributed by atoms with E-state index in [9.17, 15) is 4.39 Å². The molecule has 0 bridgehead atoms. The lowest BCUT2D eigenvalue weighted by atomic mass is 9.76. The molecule has 1 nitrogen and oxygen atoms in total. The molecule has 158 valence electrons. The van der Waals surface area contributed by atoms with Crippen molar-refractivity contribution in [1.29, 1.82) is 5.26 Å². The summed E-state index contributed by atoms with van der Waals surface area (Å²) in [5.41, 5.74) is 5.29. The summed E-state index contributed by atoms with van der Waals surface area (Å²) in [6, 6.07) is 14.7. The molecule has 1 unspecified atom stereocenters. The average Bonchev–Trinajstić information content (AvgIpc) is 2.79. The van der Waals surface area contributed by atoms with E-state index in [1.807, 2.05) is 6.07 Å². The van der Waals surface area contributed by atoms with Gasteiger partial charge in [-0.05, 0) is 97.1 Å². The number of nitriles is 1. The number of fused-ring (bicyclic) bond motifs is 1. The number of hydrogen-bond acceptors (Lipinski definition) is 1. The first-order valence-corrected chi connectivity index (χ1v) is 12.0. The van der Waals surface area contributed by atoms with Crippen LogP contribution in [0.5, 0.6) is 0 Å². The van der Waals surface area contributed by atoms with Crippen LogP contribution in [0.15, 0.2) is 36.4 Å². The van der Waals surface area contributed by atoms with Gasteiger partial charge in [0, 0.05) is 0 Å². The van der Waals surface area contributed by atoms with E-state index in [4.69, 9.17) is 5.26 Å². The van der Waals surface area contributed by atoms with Gasteiger partial charge in [0.25, 0.3) is 0 Å². The number of halogens is 1. The Morgan fingerprint density at radius 1 is 0.900 bits per heavy atom. The van der Waals surface area contributed by atoms with E-state index in [1.165, 1.54) is 62.5 Å². The Bertz CT molecular complexity index is 884. The number of nitrogens with zero attached hydrogens (tertiary/aromatic N) is 1. The molecule has 0 aliphatic heterocycles. The van der Waals surface area contributed by atoms with Crippen molar-refractivity contribution in [3.05, 3.63) is 70.0 Å². The Hall–Kier alpha value is -2.14. The zero-order chi connectivity index (χ0) is 20.9. The van der Waals surface area contributed by atoms with Gasteiger partial charge in [-0.25, -0.2) is 4.39 Å². The van der Waals surface area contributed by atoms with Gasteiger partial charge in [-0.2, -0.15) is 5.26 Å². The maximum atomic E-state index is 14.1. The topological polar surface area (TPSA) is 23.8 Å². The molecule has 30 heavy (non-hydrogen) atoms. The molecule has 2 heteroatoms. The van der Waals surface area contributed by atoms with Crippen LogP contribution in [0.3, 0.4) is 0 Å². The van der Waals surface area contributed by atoms with Crippen LogP contribution in [-0.4, -0.2) is 0 Å². The van der Waals surface area contributed by atoms with Gasteiger partial charge >= 0.3 is 0 Å². The molecule has 0 radical (unpaired) electrons. The molecule has 1 fully saturated rings. The summed E-state index contributed by atoms with van der Waals surface area (Å²) in [4.78, 5) is 0. The second-order valence-corrected chi connectivity index (χ2v) is 9.53. The Balaban J connectivity index is 1.36. The van der Waals surface area contributed by atoms with Gasteiger partial charge in [-0.1, -0.05) is 56.9 Å². The lowest BCUT2D eigenvalue weighted by molar-refractivity contribution is 0.303. The van der Waals surface area contributed by atoms with Crippen molar-refractivity contribution in [2.75, 3.05) is 0 Å². The normalized spacial score (nSPS) is 23.6. The van der Waals surface area contributed by atoms with Crippen molar-refractivity contribution in [2.24, 2.45) is 5.92 Å². The van der Waals surface area contributed by atoms with Crippen LogP contribution in [-0.2, 0) is 12.8 Å². The minimum absolute atomic E-state index is 0.177. The molecule has 2 aliphatic carbocycles. The molecule has 1 saturated carbocycles. The van der Waals surface area contributed by atoms with Crippen molar-refractivity contribution < 1.29 is 4.39 Å². The minimum atomic E-state index is -0.377. The number of hydrogen-bond donors (Lipinski definition) is 0. The number of benzene rings is 2. The highest BCUT2D eigenvalue weighted by Crippen LogP contribution is 2.39. The van der Waals surface area contributed by atoms with E-state index in [0.717, 1.165) is 42.2 Å². The first kappa shape index (κ1) is 21.1. The zero-order valence-corrected chi connectivity index (χ0v) is 18.3.